The predicted octanol–water partition coefficient (Wildman–Crippen LogP) is -0.830. The number of aliphatic hydroxyl groups excluding tert-OH is 11. The van der Waals surface area contributed by atoms with E-state index in [4.69, 9.17) is 33.2 Å². The minimum Gasteiger partial charge on any atom is -0.494 e. The standard InChI is InChI=1S/C45H74O18/c1-19(18-57-41-38(55)35(52)32(49)28(15-46)60-41)5-8-26-20(2)31-27(59-26)14-25-23-7-6-21-13-22(9-11-44(21,3)24(23)10-12-45(25,31)4)58-43-40(37(54)34(51)30(17-48)62-43)63-42-39(56)36(53)33(50)29(16-47)61-42/h19,21-25,27-43,46-56H,5-18H2,1-4H3/t19?,21-,22-,23+,24?,25-,27?,28+,29+,30+,31?,32+,33+,34-,35-,36-,37-,38+,39+,40+,41+,42-,43+,44-,45-/m0/s1. The van der Waals surface area contributed by atoms with Gasteiger partial charge in [0.2, 0.25) is 0 Å². The normalized spacial score (nSPS) is 52.7. The van der Waals surface area contributed by atoms with Gasteiger partial charge in [-0.2, -0.15) is 0 Å². The van der Waals surface area contributed by atoms with Crippen molar-refractivity contribution in [2.45, 2.75) is 196 Å². The van der Waals surface area contributed by atoms with Gasteiger partial charge in [0.1, 0.15) is 79.4 Å². The SMILES string of the molecule is CC1=C(CCC(C)CO[C@@H]2O[C@H](CO)[C@@H](O)[C@H](O)[C@H]2O)OC2C[C@H]3[C@@H]4CC[C@H]5C[C@@H](O[C@@H]6O[C@H](CO)[C@H](O)[C@H](O)[C@H]6O[C@@H]6O[C@H](CO)[C@@H](O)[C@H](O)[C@H]6O)CC[C@]5(C)C4CC[C@]3(C)C12. The molecule has 0 radical (unpaired) electrons. The summed E-state index contributed by atoms with van der Waals surface area (Å²) in [6, 6.07) is 0. The van der Waals surface area contributed by atoms with Crippen LogP contribution in [0.15, 0.2) is 11.3 Å². The Morgan fingerprint density at radius 2 is 1.22 bits per heavy atom. The van der Waals surface area contributed by atoms with E-state index in [1.807, 2.05) is 0 Å². The Bertz CT molecular complexity index is 1580. The summed E-state index contributed by atoms with van der Waals surface area (Å²) in [5, 5.41) is 113. The van der Waals surface area contributed by atoms with Gasteiger partial charge in [-0.05, 0) is 111 Å². The molecule has 63 heavy (non-hydrogen) atoms. The summed E-state index contributed by atoms with van der Waals surface area (Å²) >= 11 is 0. The lowest BCUT2D eigenvalue weighted by molar-refractivity contribution is -0.373. The molecule has 0 spiro atoms. The van der Waals surface area contributed by atoms with E-state index < -0.39 is 112 Å². The molecule has 0 amide bonds. The molecule has 4 heterocycles. The summed E-state index contributed by atoms with van der Waals surface area (Å²) in [5.41, 5.74) is 1.57. The number of allylic oxidation sites excluding steroid dienone is 1. The van der Waals surface area contributed by atoms with Gasteiger partial charge in [-0.15, -0.1) is 0 Å². The van der Waals surface area contributed by atoms with Crippen molar-refractivity contribution in [1.29, 1.82) is 0 Å². The van der Waals surface area contributed by atoms with Crippen LogP contribution in [0.4, 0.5) is 0 Å². The maximum Gasteiger partial charge on any atom is 0.187 e. The van der Waals surface area contributed by atoms with Crippen LogP contribution in [0.25, 0.3) is 0 Å². The van der Waals surface area contributed by atoms with E-state index in [0.29, 0.717) is 29.6 Å². The van der Waals surface area contributed by atoms with Crippen LogP contribution in [0.5, 0.6) is 0 Å². The van der Waals surface area contributed by atoms with Crippen LogP contribution in [0.3, 0.4) is 0 Å². The first kappa shape index (κ1) is 48.3. The first-order valence-corrected chi connectivity index (χ1v) is 23.5. The van der Waals surface area contributed by atoms with Gasteiger partial charge in [0, 0.05) is 12.3 Å². The molecular weight excluding hydrogens is 828 g/mol. The van der Waals surface area contributed by atoms with Gasteiger partial charge < -0.3 is 89.3 Å². The fourth-order valence-corrected chi connectivity index (χ4v) is 13.7. The molecule has 0 aromatic carbocycles. The molecule has 7 fully saturated rings. The van der Waals surface area contributed by atoms with Crippen molar-refractivity contribution < 1.29 is 89.3 Å². The molecule has 0 aromatic rings. The zero-order chi connectivity index (χ0) is 45.3. The van der Waals surface area contributed by atoms with Crippen molar-refractivity contribution in [1.82, 2.24) is 0 Å². The molecule has 8 rings (SSSR count). The molecule has 4 aliphatic heterocycles. The topological polar surface area (TPSA) is 287 Å². The van der Waals surface area contributed by atoms with Crippen molar-refractivity contribution in [3.63, 3.8) is 0 Å². The molecule has 0 bridgehead atoms. The van der Waals surface area contributed by atoms with E-state index in [2.05, 4.69) is 27.7 Å². The smallest absolute Gasteiger partial charge is 0.187 e. The highest BCUT2D eigenvalue weighted by Gasteiger charge is 2.65. The number of fused-ring (bicyclic) bond motifs is 7. The quantitative estimate of drug-likeness (QED) is 0.101. The van der Waals surface area contributed by atoms with Gasteiger partial charge in [0.05, 0.1) is 38.3 Å². The number of ether oxygens (including phenoxy) is 7. The maximum atomic E-state index is 11.2. The van der Waals surface area contributed by atoms with Gasteiger partial charge >= 0.3 is 0 Å². The lowest BCUT2D eigenvalue weighted by Crippen LogP contribution is -2.65. The largest absolute Gasteiger partial charge is 0.494 e. The molecule has 362 valence electrons. The van der Waals surface area contributed by atoms with E-state index in [1.165, 1.54) is 5.57 Å². The summed E-state index contributed by atoms with van der Waals surface area (Å²) in [5.74, 6) is 3.56. The van der Waals surface area contributed by atoms with Crippen LogP contribution < -0.4 is 0 Å². The van der Waals surface area contributed by atoms with Crippen LogP contribution in [-0.2, 0) is 33.2 Å². The van der Waals surface area contributed by atoms with Gasteiger partial charge in [-0.3, -0.25) is 0 Å². The fraction of sp³-hybridized carbons (Fsp3) is 0.956. The number of rotatable bonds is 13. The maximum absolute atomic E-state index is 11.2. The molecule has 4 aliphatic carbocycles. The molecular formula is C45H74O18. The molecule has 18 heteroatoms. The summed E-state index contributed by atoms with van der Waals surface area (Å²) < 4.78 is 42.2. The molecule has 4 saturated carbocycles. The molecule has 18 nitrogen and oxygen atoms in total. The number of hydrogen-bond donors (Lipinski definition) is 11. The van der Waals surface area contributed by atoms with Gasteiger partial charge in [-0.1, -0.05) is 20.8 Å². The third-order valence-electron chi connectivity index (χ3n) is 17.4. The summed E-state index contributed by atoms with van der Waals surface area (Å²) in [6.45, 7) is 7.74. The number of aliphatic hydroxyl groups is 11. The van der Waals surface area contributed by atoms with E-state index >= 15 is 0 Å². The van der Waals surface area contributed by atoms with Crippen LogP contribution in [0.1, 0.15) is 91.9 Å². The van der Waals surface area contributed by atoms with Crippen LogP contribution in [-0.4, -0.2) is 187 Å². The average molecular weight is 903 g/mol. The van der Waals surface area contributed by atoms with Crippen molar-refractivity contribution in [2.75, 3.05) is 26.4 Å². The first-order valence-electron chi connectivity index (χ1n) is 23.5. The van der Waals surface area contributed by atoms with Crippen molar-refractivity contribution >= 4 is 0 Å². The third-order valence-corrected chi connectivity index (χ3v) is 17.4. The summed E-state index contributed by atoms with van der Waals surface area (Å²) in [6.07, 6.45) is -12.1. The molecule has 25 atom stereocenters. The van der Waals surface area contributed by atoms with E-state index in [0.717, 1.165) is 70.0 Å². The summed E-state index contributed by atoms with van der Waals surface area (Å²) in [7, 11) is 0. The van der Waals surface area contributed by atoms with Gasteiger partial charge in [0.25, 0.3) is 0 Å². The summed E-state index contributed by atoms with van der Waals surface area (Å²) in [4.78, 5) is 0. The lowest BCUT2D eigenvalue weighted by atomic mass is 9.44. The third kappa shape index (κ3) is 8.68. The van der Waals surface area contributed by atoms with E-state index in [-0.39, 0.29) is 35.6 Å². The van der Waals surface area contributed by atoms with E-state index in [1.54, 1.807) is 0 Å². The van der Waals surface area contributed by atoms with Crippen molar-refractivity contribution in [3.05, 3.63) is 11.3 Å². The Balaban J connectivity index is 0.872. The minimum absolute atomic E-state index is 0.0928. The monoisotopic (exact) mass is 902 g/mol. The Labute approximate surface area is 369 Å². The highest BCUT2D eigenvalue weighted by Crippen LogP contribution is 2.70. The molecule has 8 aliphatic rings. The molecule has 0 aromatic heterocycles. The van der Waals surface area contributed by atoms with Crippen molar-refractivity contribution in [2.24, 2.45) is 46.3 Å². The zero-order valence-electron chi connectivity index (χ0n) is 37.0. The zero-order valence-corrected chi connectivity index (χ0v) is 37.0. The second-order valence-electron chi connectivity index (χ2n) is 20.9. The van der Waals surface area contributed by atoms with Crippen LogP contribution in [0, 0.1) is 46.3 Å². The van der Waals surface area contributed by atoms with Crippen molar-refractivity contribution in [3.8, 4) is 0 Å². The highest BCUT2D eigenvalue weighted by atomic mass is 16.8. The van der Waals surface area contributed by atoms with Gasteiger partial charge in [-0.25, -0.2) is 0 Å². The molecule has 3 saturated heterocycles. The second-order valence-corrected chi connectivity index (χ2v) is 20.9. The van der Waals surface area contributed by atoms with E-state index in [9.17, 15) is 56.2 Å². The molecule has 11 N–H and O–H groups in total. The number of hydrogen-bond acceptors (Lipinski definition) is 18. The Kier molecular flexibility index (Phi) is 14.6. The highest BCUT2D eigenvalue weighted by molar-refractivity contribution is 5.26. The van der Waals surface area contributed by atoms with Gasteiger partial charge in [0.15, 0.2) is 18.9 Å². The Morgan fingerprint density at radius 3 is 1.87 bits per heavy atom. The average Bonchev–Trinajstić information content (AvgIpc) is 3.76. The second kappa shape index (κ2) is 19.1. The van der Waals surface area contributed by atoms with Crippen LogP contribution >= 0.6 is 0 Å². The predicted molar refractivity (Wildman–Crippen MR) is 218 cm³/mol. The molecule has 4 unspecified atom stereocenters. The first-order chi connectivity index (χ1) is 29.9. The Hall–Kier alpha value is -1.14. The minimum atomic E-state index is -1.74. The fourth-order valence-electron chi connectivity index (χ4n) is 13.7. The Morgan fingerprint density at radius 1 is 0.635 bits per heavy atom. The lowest BCUT2D eigenvalue weighted by Gasteiger charge is -2.61. The van der Waals surface area contributed by atoms with Crippen LogP contribution in [0.2, 0.25) is 0 Å².